The summed E-state index contributed by atoms with van der Waals surface area (Å²) in [5.74, 6) is 1.99. The van der Waals surface area contributed by atoms with Gasteiger partial charge in [0.2, 0.25) is 0 Å². The van der Waals surface area contributed by atoms with Gasteiger partial charge in [0.15, 0.2) is 16.6 Å². The molecule has 1 aliphatic rings. The molecule has 0 bridgehead atoms. The van der Waals surface area contributed by atoms with Crippen LogP contribution in [0, 0.1) is 11.3 Å². The Hall–Kier alpha value is -1.82. The van der Waals surface area contributed by atoms with Crippen LogP contribution < -0.4 is 20.2 Å². The summed E-state index contributed by atoms with van der Waals surface area (Å²) < 4.78 is 10.5. The van der Waals surface area contributed by atoms with E-state index in [4.69, 9.17) is 21.7 Å². The third-order valence-electron chi connectivity index (χ3n) is 4.12. The van der Waals surface area contributed by atoms with Gasteiger partial charge < -0.3 is 14.8 Å². The van der Waals surface area contributed by atoms with Crippen molar-refractivity contribution in [2.24, 2.45) is 16.4 Å². The highest BCUT2D eigenvalue weighted by Crippen LogP contribution is 2.36. The minimum absolute atomic E-state index is 0.302. The third kappa shape index (κ3) is 5.09. The summed E-state index contributed by atoms with van der Waals surface area (Å²) in [6, 6.07) is 5.56. The van der Waals surface area contributed by atoms with Crippen molar-refractivity contribution in [3.05, 3.63) is 18.2 Å². The molecule has 1 aromatic rings. The number of ether oxygens (including phenoxy) is 2. The zero-order valence-electron chi connectivity index (χ0n) is 15.1. The zero-order chi connectivity index (χ0) is 17.7. The second-order valence-electron chi connectivity index (χ2n) is 7.17. The van der Waals surface area contributed by atoms with Crippen molar-refractivity contribution in [1.29, 1.82) is 0 Å². The Morgan fingerprint density at radius 1 is 1.25 bits per heavy atom. The van der Waals surface area contributed by atoms with Crippen molar-refractivity contribution in [2.75, 3.05) is 19.5 Å². The van der Waals surface area contributed by atoms with Gasteiger partial charge in [0, 0.05) is 17.5 Å². The molecule has 0 aromatic heterocycles. The van der Waals surface area contributed by atoms with E-state index >= 15 is 0 Å². The number of benzene rings is 1. The quantitative estimate of drug-likeness (QED) is 0.630. The maximum absolute atomic E-state index is 5.33. The van der Waals surface area contributed by atoms with E-state index in [1.807, 2.05) is 18.2 Å². The molecular weight excluding hydrogens is 322 g/mol. The molecule has 6 heteroatoms. The minimum atomic E-state index is 0.302. The number of methoxy groups -OCH3 is 2. The summed E-state index contributed by atoms with van der Waals surface area (Å²) in [7, 11) is 3.22. The molecule has 0 heterocycles. The van der Waals surface area contributed by atoms with Crippen LogP contribution in [0.4, 0.5) is 5.69 Å². The molecule has 24 heavy (non-hydrogen) atoms. The van der Waals surface area contributed by atoms with E-state index in [1.165, 1.54) is 12.1 Å². The molecule has 0 saturated heterocycles. The summed E-state index contributed by atoms with van der Waals surface area (Å²) in [5.41, 5.74) is 5.26. The number of nitrogens with one attached hydrogen (secondary N) is 2. The topological polar surface area (TPSA) is 54.9 Å². The maximum Gasteiger partial charge on any atom is 0.191 e. The summed E-state index contributed by atoms with van der Waals surface area (Å²) in [5, 5.41) is 8.09. The van der Waals surface area contributed by atoms with Crippen LogP contribution in [0.1, 0.15) is 40.0 Å². The van der Waals surface area contributed by atoms with Crippen LogP contribution >= 0.6 is 12.2 Å². The molecule has 0 amide bonds. The lowest BCUT2D eigenvalue weighted by Gasteiger charge is -2.34. The lowest BCUT2D eigenvalue weighted by atomic mass is 9.72. The van der Waals surface area contributed by atoms with Gasteiger partial charge in [-0.05, 0) is 54.9 Å². The van der Waals surface area contributed by atoms with Gasteiger partial charge in [-0.15, -0.1) is 0 Å². The second-order valence-corrected chi connectivity index (χ2v) is 7.58. The maximum atomic E-state index is 5.33. The summed E-state index contributed by atoms with van der Waals surface area (Å²) in [4.78, 5) is 0. The predicted molar refractivity (Wildman–Crippen MR) is 103 cm³/mol. The lowest BCUT2D eigenvalue weighted by Crippen LogP contribution is -2.31. The molecule has 1 atom stereocenters. The Balaban J connectivity index is 1.97. The predicted octanol–water partition coefficient (Wildman–Crippen LogP) is 4.19. The van der Waals surface area contributed by atoms with Crippen LogP contribution in [0.25, 0.3) is 0 Å². The standard InChI is InChI=1S/C18H27N3O2S/c1-12-8-14(11-18(2,3)10-12)20-21-17(24)19-13-6-7-15(22-4)16(9-13)23-5/h6-7,9,12H,8,10-11H2,1-5H3,(H2,19,21,24)/b20-14+/t12-/m0/s1. The van der Waals surface area contributed by atoms with Gasteiger partial charge in [0.1, 0.15) is 0 Å². The highest BCUT2D eigenvalue weighted by Gasteiger charge is 2.29. The van der Waals surface area contributed by atoms with Crippen molar-refractivity contribution >= 4 is 28.7 Å². The van der Waals surface area contributed by atoms with Gasteiger partial charge >= 0.3 is 0 Å². The summed E-state index contributed by atoms with van der Waals surface area (Å²) in [6.45, 7) is 6.85. The van der Waals surface area contributed by atoms with E-state index in [-0.39, 0.29) is 0 Å². The normalized spacial score (nSPS) is 21.2. The smallest absolute Gasteiger partial charge is 0.191 e. The fraction of sp³-hybridized carbons (Fsp3) is 0.556. The molecule has 0 spiro atoms. The molecule has 0 radical (unpaired) electrons. The number of thiocarbonyl (C=S) groups is 1. The Morgan fingerprint density at radius 3 is 2.58 bits per heavy atom. The fourth-order valence-corrected chi connectivity index (χ4v) is 3.57. The number of hydrazone groups is 1. The van der Waals surface area contributed by atoms with Gasteiger partial charge in [-0.3, -0.25) is 5.43 Å². The van der Waals surface area contributed by atoms with E-state index in [0.717, 1.165) is 18.5 Å². The summed E-state index contributed by atoms with van der Waals surface area (Å²) in [6.07, 6.45) is 3.26. The molecule has 0 aliphatic heterocycles. The van der Waals surface area contributed by atoms with Crippen molar-refractivity contribution in [2.45, 2.75) is 40.0 Å². The SMILES string of the molecule is COc1ccc(NC(=S)N/N=C2\C[C@H](C)CC(C)(C)C2)cc1OC. The average molecular weight is 350 g/mol. The first-order valence-corrected chi connectivity index (χ1v) is 8.58. The number of nitrogens with zero attached hydrogens (tertiary/aromatic N) is 1. The van der Waals surface area contributed by atoms with Crippen molar-refractivity contribution in [1.82, 2.24) is 5.43 Å². The van der Waals surface area contributed by atoms with Gasteiger partial charge in [0.25, 0.3) is 0 Å². The van der Waals surface area contributed by atoms with E-state index in [2.05, 4.69) is 36.6 Å². The molecule has 0 unspecified atom stereocenters. The van der Waals surface area contributed by atoms with Gasteiger partial charge in [-0.25, -0.2) is 0 Å². The van der Waals surface area contributed by atoms with E-state index in [0.29, 0.717) is 27.9 Å². The van der Waals surface area contributed by atoms with E-state index in [1.54, 1.807) is 14.2 Å². The van der Waals surface area contributed by atoms with Crippen LogP contribution in [0.2, 0.25) is 0 Å². The second kappa shape index (κ2) is 7.83. The van der Waals surface area contributed by atoms with Crippen LogP contribution in [0.5, 0.6) is 11.5 Å². The van der Waals surface area contributed by atoms with Crippen molar-refractivity contribution in [3.8, 4) is 11.5 Å². The molecular formula is C18H27N3O2S. The Morgan fingerprint density at radius 2 is 1.96 bits per heavy atom. The molecule has 1 saturated carbocycles. The highest BCUT2D eigenvalue weighted by atomic mass is 32.1. The van der Waals surface area contributed by atoms with Crippen molar-refractivity contribution < 1.29 is 9.47 Å². The molecule has 132 valence electrons. The Labute approximate surface area is 149 Å². The lowest BCUT2D eigenvalue weighted by molar-refractivity contribution is 0.265. The Bertz CT molecular complexity index is 629. The highest BCUT2D eigenvalue weighted by molar-refractivity contribution is 7.80. The molecule has 1 fully saturated rings. The third-order valence-corrected chi connectivity index (χ3v) is 4.32. The van der Waals surface area contributed by atoms with Gasteiger partial charge in [0.05, 0.1) is 14.2 Å². The average Bonchev–Trinajstić information content (AvgIpc) is 2.51. The molecule has 2 N–H and O–H groups in total. The molecule has 1 aliphatic carbocycles. The van der Waals surface area contributed by atoms with E-state index < -0.39 is 0 Å². The molecule has 5 nitrogen and oxygen atoms in total. The number of hydrogen-bond acceptors (Lipinski definition) is 4. The van der Waals surface area contributed by atoms with Gasteiger partial charge in [-0.2, -0.15) is 5.10 Å². The van der Waals surface area contributed by atoms with Crippen molar-refractivity contribution in [3.63, 3.8) is 0 Å². The van der Waals surface area contributed by atoms with Gasteiger partial charge in [-0.1, -0.05) is 20.8 Å². The van der Waals surface area contributed by atoms with Crippen LogP contribution in [-0.2, 0) is 0 Å². The number of anilines is 1. The number of rotatable bonds is 4. The Kier molecular flexibility index (Phi) is 6.04. The monoisotopic (exact) mass is 349 g/mol. The van der Waals surface area contributed by atoms with Crippen LogP contribution in [-0.4, -0.2) is 25.0 Å². The fourth-order valence-electron chi connectivity index (χ4n) is 3.40. The molecule has 1 aromatic carbocycles. The largest absolute Gasteiger partial charge is 0.493 e. The zero-order valence-corrected chi connectivity index (χ0v) is 15.9. The first kappa shape index (κ1) is 18.5. The first-order chi connectivity index (χ1) is 11.3. The molecule has 2 rings (SSSR count). The van der Waals surface area contributed by atoms with Crippen LogP contribution in [0.15, 0.2) is 23.3 Å². The first-order valence-electron chi connectivity index (χ1n) is 8.17. The van der Waals surface area contributed by atoms with Crippen LogP contribution in [0.3, 0.4) is 0 Å². The van der Waals surface area contributed by atoms with E-state index in [9.17, 15) is 0 Å². The number of hydrogen-bond donors (Lipinski definition) is 2. The summed E-state index contributed by atoms with van der Waals surface area (Å²) >= 11 is 5.33. The minimum Gasteiger partial charge on any atom is -0.493 e.